The summed E-state index contributed by atoms with van der Waals surface area (Å²) in [7, 11) is 1.62. The standard InChI is InChI=1S/C20H17F4N5O2S/c1-29-16(10-25-18(31)14-7-2-3-8-15(14)21)27-28-19(29)32-11-17(30)26-13-6-4-5-12(9-13)20(22,23)24/h2-9H,10-11H2,1H3,(H,25,31)(H,26,30). The van der Waals surface area contributed by atoms with E-state index in [1.807, 2.05) is 0 Å². The van der Waals surface area contributed by atoms with Crippen molar-refractivity contribution in [2.75, 3.05) is 11.1 Å². The number of nitrogens with zero attached hydrogens (tertiary/aromatic N) is 3. The SMILES string of the molecule is Cn1c(CNC(=O)c2ccccc2F)nnc1SCC(=O)Nc1cccc(C(F)(F)F)c1. The number of anilines is 1. The zero-order chi connectivity index (χ0) is 23.3. The molecule has 1 aromatic heterocycles. The molecule has 12 heteroatoms. The normalized spacial score (nSPS) is 11.3. The molecule has 168 valence electrons. The van der Waals surface area contributed by atoms with E-state index in [1.54, 1.807) is 17.7 Å². The zero-order valence-electron chi connectivity index (χ0n) is 16.6. The van der Waals surface area contributed by atoms with E-state index in [1.165, 1.54) is 30.3 Å². The lowest BCUT2D eigenvalue weighted by molar-refractivity contribution is -0.137. The fourth-order valence-electron chi connectivity index (χ4n) is 2.63. The van der Waals surface area contributed by atoms with E-state index in [-0.39, 0.29) is 23.5 Å². The molecule has 7 nitrogen and oxygen atoms in total. The van der Waals surface area contributed by atoms with Gasteiger partial charge in [-0.15, -0.1) is 10.2 Å². The number of hydrogen-bond acceptors (Lipinski definition) is 5. The van der Waals surface area contributed by atoms with Crippen molar-refractivity contribution < 1.29 is 27.2 Å². The summed E-state index contributed by atoms with van der Waals surface area (Å²) >= 11 is 1.02. The van der Waals surface area contributed by atoms with Crippen LogP contribution in [0, 0.1) is 5.82 Å². The van der Waals surface area contributed by atoms with E-state index in [9.17, 15) is 27.2 Å². The molecular formula is C20H17F4N5O2S. The molecule has 0 fully saturated rings. The van der Waals surface area contributed by atoms with Crippen LogP contribution in [-0.2, 0) is 24.6 Å². The maximum atomic E-state index is 13.7. The highest BCUT2D eigenvalue weighted by Gasteiger charge is 2.30. The molecule has 3 aromatic rings. The molecule has 0 saturated heterocycles. The predicted octanol–water partition coefficient (Wildman–Crippen LogP) is 3.63. The molecule has 3 rings (SSSR count). The number of amides is 2. The van der Waals surface area contributed by atoms with Crippen molar-refractivity contribution in [3.63, 3.8) is 0 Å². The Morgan fingerprint density at radius 2 is 1.84 bits per heavy atom. The van der Waals surface area contributed by atoms with Crippen LogP contribution >= 0.6 is 11.8 Å². The highest BCUT2D eigenvalue weighted by Crippen LogP contribution is 2.30. The van der Waals surface area contributed by atoms with Gasteiger partial charge in [0.15, 0.2) is 11.0 Å². The third kappa shape index (κ3) is 5.84. The van der Waals surface area contributed by atoms with E-state index in [0.717, 1.165) is 23.9 Å². The Bertz CT molecular complexity index is 1130. The summed E-state index contributed by atoms with van der Waals surface area (Å²) in [6.45, 7) is -0.0202. The van der Waals surface area contributed by atoms with Crippen molar-refractivity contribution in [3.8, 4) is 0 Å². The van der Waals surface area contributed by atoms with Gasteiger partial charge in [0.25, 0.3) is 5.91 Å². The fourth-order valence-corrected chi connectivity index (χ4v) is 3.35. The average Bonchev–Trinajstić information content (AvgIpc) is 3.10. The molecule has 0 spiro atoms. The summed E-state index contributed by atoms with van der Waals surface area (Å²) in [6, 6.07) is 9.87. The first-order valence-electron chi connectivity index (χ1n) is 9.16. The molecular weight excluding hydrogens is 450 g/mol. The summed E-state index contributed by atoms with van der Waals surface area (Å²) in [5, 5.41) is 13.2. The fraction of sp³-hybridized carbons (Fsp3) is 0.200. The minimum absolute atomic E-state index is 0.0202. The lowest BCUT2D eigenvalue weighted by Crippen LogP contribution is -2.25. The molecule has 0 bridgehead atoms. The molecule has 32 heavy (non-hydrogen) atoms. The number of carbonyl (C=O) groups is 2. The topological polar surface area (TPSA) is 88.9 Å². The summed E-state index contributed by atoms with van der Waals surface area (Å²) in [5.74, 6) is -1.53. The van der Waals surface area contributed by atoms with Gasteiger partial charge < -0.3 is 15.2 Å². The maximum absolute atomic E-state index is 13.7. The van der Waals surface area contributed by atoms with E-state index in [0.29, 0.717) is 11.0 Å². The minimum atomic E-state index is -4.51. The van der Waals surface area contributed by atoms with Crippen molar-refractivity contribution >= 4 is 29.3 Å². The van der Waals surface area contributed by atoms with Crippen LogP contribution in [0.4, 0.5) is 23.2 Å². The van der Waals surface area contributed by atoms with Crippen LogP contribution in [0.3, 0.4) is 0 Å². The van der Waals surface area contributed by atoms with Crippen LogP contribution in [0.1, 0.15) is 21.7 Å². The largest absolute Gasteiger partial charge is 0.416 e. The van der Waals surface area contributed by atoms with Crippen LogP contribution in [0.25, 0.3) is 0 Å². The molecule has 0 radical (unpaired) electrons. The van der Waals surface area contributed by atoms with Gasteiger partial charge >= 0.3 is 6.18 Å². The highest BCUT2D eigenvalue weighted by molar-refractivity contribution is 7.99. The number of aromatic nitrogens is 3. The number of carbonyl (C=O) groups excluding carboxylic acids is 2. The van der Waals surface area contributed by atoms with Crippen LogP contribution in [0.15, 0.2) is 53.7 Å². The molecule has 2 aromatic carbocycles. The van der Waals surface area contributed by atoms with Crippen LogP contribution < -0.4 is 10.6 Å². The molecule has 1 heterocycles. The monoisotopic (exact) mass is 467 g/mol. The van der Waals surface area contributed by atoms with E-state index >= 15 is 0 Å². The Balaban J connectivity index is 1.54. The van der Waals surface area contributed by atoms with Gasteiger partial charge in [0.2, 0.25) is 5.91 Å². The van der Waals surface area contributed by atoms with Crippen LogP contribution in [-0.4, -0.2) is 32.3 Å². The Morgan fingerprint density at radius 1 is 1.09 bits per heavy atom. The number of halogens is 4. The molecule has 0 saturated carbocycles. The lowest BCUT2D eigenvalue weighted by atomic mass is 10.2. The maximum Gasteiger partial charge on any atom is 0.416 e. The van der Waals surface area contributed by atoms with Crippen molar-refractivity contribution in [1.82, 2.24) is 20.1 Å². The van der Waals surface area contributed by atoms with Gasteiger partial charge in [-0.1, -0.05) is 30.0 Å². The smallest absolute Gasteiger partial charge is 0.345 e. The van der Waals surface area contributed by atoms with E-state index < -0.39 is 29.4 Å². The van der Waals surface area contributed by atoms with Gasteiger partial charge in [-0.2, -0.15) is 13.2 Å². The zero-order valence-corrected chi connectivity index (χ0v) is 17.4. The third-order valence-corrected chi connectivity index (χ3v) is 5.28. The summed E-state index contributed by atoms with van der Waals surface area (Å²) < 4.78 is 53.5. The van der Waals surface area contributed by atoms with Crippen LogP contribution in [0.2, 0.25) is 0 Å². The second-order valence-electron chi connectivity index (χ2n) is 6.54. The van der Waals surface area contributed by atoms with Crippen LogP contribution in [0.5, 0.6) is 0 Å². The average molecular weight is 467 g/mol. The van der Waals surface area contributed by atoms with Crippen molar-refractivity contribution in [2.45, 2.75) is 17.9 Å². The minimum Gasteiger partial charge on any atom is -0.345 e. The quantitative estimate of drug-likeness (QED) is 0.409. The first-order valence-corrected chi connectivity index (χ1v) is 10.1. The van der Waals surface area contributed by atoms with Gasteiger partial charge in [-0.25, -0.2) is 4.39 Å². The molecule has 2 amide bonds. The van der Waals surface area contributed by atoms with Gasteiger partial charge in [-0.05, 0) is 30.3 Å². The van der Waals surface area contributed by atoms with E-state index in [2.05, 4.69) is 20.8 Å². The number of benzene rings is 2. The summed E-state index contributed by atoms with van der Waals surface area (Å²) in [5.41, 5.74) is -0.936. The number of nitrogens with one attached hydrogen (secondary N) is 2. The highest BCUT2D eigenvalue weighted by atomic mass is 32.2. The Hall–Kier alpha value is -3.41. The van der Waals surface area contributed by atoms with Gasteiger partial charge in [0.1, 0.15) is 5.82 Å². The molecule has 0 aliphatic rings. The molecule has 0 unspecified atom stereocenters. The molecule has 2 N–H and O–H groups in total. The Labute approximate surface area is 184 Å². The van der Waals surface area contributed by atoms with Crippen molar-refractivity contribution in [1.29, 1.82) is 0 Å². The Morgan fingerprint density at radius 3 is 2.56 bits per heavy atom. The summed E-state index contributed by atoms with van der Waals surface area (Å²) in [4.78, 5) is 24.2. The first kappa shape index (κ1) is 23.3. The third-order valence-electron chi connectivity index (χ3n) is 4.26. The Kier molecular flexibility index (Phi) is 7.13. The van der Waals surface area contributed by atoms with Crippen molar-refractivity contribution in [3.05, 3.63) is 71.3 Å². The molecule has 0 aliphatic carbocycles. The number of thioether (sulfide) groups is 1. The molecule has 0 atom stereocenters. The summed E-state index contributed by atoms with van der Waals surface area (Å²) in [6.07, 6.45) is -4.51. The van der Waals surface area contributed by atoms with Gasteiger partial charge in [0, 0.05) is 12.7 Å². The predicted molar refractivity (Wildman–Crippen MR) is 109 cm³/mol. The second-order valence-corrected chi connectivity index (χ2v) is 7.48. The van der Waals surface area contributed by atoms with Gasteiger partial charge in [0.05, 0.1) is 23.4 Å². The number of rotatable bonds is 7. The van der Waals surface area contributed by atoms with E-state index in [4.69, 9.17) is 0 Å². The first-order chi connectivity index (χ1) is 15.1. The van der Waals surface area contributed by atoms with Gasteiger partial charge in [-0.3, -0.25) is 9.59 Å². The number of alkyl halides is 3. The second kappa shape index (κ2) is 9.81. The number of hydrogen-bond donors (Lipinski definition) is 2. The van der Waals surface area contributed by atoms with Crippen molar-refractivity contribution in [2.24, 2.45) is 7.05 Å². The molecule has 0 aliphatic heterocycles. The lowest BCUT2D eigenvalue weighted by Gasteiger charge is -2.10.